The monoisotopic (exact) mass is 334 g/mol. The lowest BCUT2D eigenvalue weighted by Crippen LogP contribution is -2.31. The zero-order valence-electron chi connectivity index (χ0n) is 12.5. The van der Waals surface area contributed by atoms with E-state index in [1.54, 1.807) is 24.3 Å². The van der Waals surface area contributed by atoms with Crippen LogP contribution in [0.25, 0.3) is 11.3 Å². The normalized spacial score (nSPS) is 10.0. The van der Waals surface area contributed by atoms with Gasteiger partial charge in [0.15, 0.2) is 0 Å². The van der Waals surface area contributed by atoms with E-state index in [0.29, 0.717) is 11.3 Å². The maximum absolute atomic E-state index is 12.4. The molecule has 23 heavy (non-hydrogen) atoms. The van der Waals surface area contributed by atoms with Crippen molar-refractivity contribution >= 4 is 29.4 Å². The standard InChI is InChI=1S/C15H14N2O5S/c1-21-10(18)8-16-14(19)11-12(9-6-4-3-5-7-9)17-23-13(11)15(20)22-2/h3-7H,8H2,1-2H3,(H,16,19). The SMILES string of the molecule is COC(=O)CNC(=O)c1c(-c2ccccc2)nsc1C(=O)OC. The molecule has 8 heteroatoms. The molecule has 0 spiro atoms. The van der Waals surface area contributed by atoms with Gasteiger partial charge in [0.25, 0.3) is 5.91 Å². The maximum Gasteiger partial charge on any atom is 0.350 e. The average Bonchev–Trinajstić information content (AvgIpc) is 3.04. The molecule has 120 valence electrons. The number of rotatable bonds is 5. The second-order valence-corrected chi connectivity index (χ2v) is 5.13. The highest BCUT2D eigenvalue weighted by atomic mass is 32.1. The molecular weight excluding hydrogens is 320 g/mol. The molecule has 0 saturated heterocycles. The molecule has 0 aliphatic carbocycles. The van der Waals surface area contributed by atoms with Crippen LogP contribution in [-0.2, 0) is 14.3 Å². The van der Waals surface area contributed by atoms with Crippen molar-refractivity contribution in [2.24, 2.45) is 0 Å². The van der Waals surface area contributed by atoms with Gasteiger partial charge in [0.2, 0.25) is 0 Å². The minimum absolute atomic E-state index is 0.0775. The van der Waals surface area contributed by atoms with Crippen LogP contribution in [0.15, 0.2) is 30.3 Å². The zero-order chi connectivity index (χ0) is 16.8. The number of amides is 1. The minimum atomic E-state index is -0.659. The number of methoxy groups -OCH3 is 2. The number of esters is 2. The van der Waals surface area contributed by atoms with Crippen LogP contribution >= 0.6 is 11.5 Å². The first-order valence-corrected chi connectivity index (χ1v) is 7.34. The predicted molar refractivity (Wildman–Crippen MR) is 83.2 cm³/mol. The van der Waals surface area contributed by atoms with Crippen LogP contribution in [0.4, 0.5) is 0 Å². The van der Waals surface area contributed by atoms with Gasteiger partial charge < -0.3 is 14.8 Å². The molecule has 0 bridgehead atoms. The Hall–Kier alpha value is -2.74. The van der Waals surface area contributed by atoms with Crippen LogP contribution in [0.5, 0.6) is 0 Å². The smallest absolute Gasteiger partial charge is 0.350 e. The van der Waals surface area contributed by atoms with E-state index in [1.165, 1.54) is 14.2 Å². The first kappa shape index (κ1) is 16.6. The van der Waals surface area contributed by atoms with Crippen molar-refractivity contribution in [3.8, 4) is 11.3 Å². The molecular formula is C15H14N2O5S. The Morgan fingerprint density at radius 1 is 1.13 bits per heavy atom. The van der Waals surface area contributed by atoms with E-state index in [4.69, 9.17) is 0 Å². The Labute approximate surface area is 136 Å². The molecule has 0 fully saturated rings. The minimum Gasteiger partial charge on any atom is -0.468 e. The summed E-state index contributed by atoms with van der Waals surface area (Å²) in [6.07, 6.45) is 0. The highest BCUT2D eigenvalue weighted by Crippen LogP contribution is 2.28. The highest BCUT2D eigenvalue weighted by Gasteiger charge is 2.27. The van der Waals surface area contributed by atoms with Crippen LogP contribution < -0.4 is 5.32 Å². The van der Waals surface area contributed by atoms with Gasteiger partial charge in [-0.3, -0.25) is 9.59 Å². The van der Waals surface area contributed by atoms with E-state index in [2.05, 4.69) is 19.2 Å². The second kappa shape index (κ2) is 7.50. The molecule has 0 radical (unpaired) electrons. The summed E-state index contributed by atoms with van der Waals surface area (Å²) in [5.74, 6) is -1.85. The summed E-state index contributed by atoms with van der Waals surface area (Å²) in [6, 6.07) is 8.96. The van der Waals surface area contributed by atoms with Crippen molar-refractivity contribution in [3.05, 3.63) is 40.8 Å². The van der Waals surface area contributed by atoms with Gasteiger partial charge in [-0.1, -0.05) is 30.3 Å². The molecule has 1 aromatic heterocycles. The van der Waals surface area contributed by atoms with E-state index >= 15 is 0 Å². The fourth-order valence-corrected chi connectivity index (χ4v) is 2.66. The zero-order valence-corrected chi connectivity index (χ0v) is 13.3. The van der Waals surface area contributed by atoms with Gasteiger partial charge in [-0.25, -0.2) is 4.79 Å². The van der Waals surface area contributed by atoms with E-state index in [0.717, 1.165) is 11.5 Å². The maximum atomic E-state index is 12.4. The third-order valence-electron chi connectivity index (χ3n) is 2.96. The van der Waals surface area contributed by atoms with Crippen LogP contribution in [0.3, 0.4) is 0 Å². The molecule has 7 nitrogen and oxygen atoms in total. The summed E-state index contributed by atoms with van der Waals surface area (Å²) in [4.78, 5) is 35.5. The van der Waals surface area contributed by atoms with Crippen molar-refractivity contribution in [3.63, 3.8) is 0 Å². The van der Waals surface area contributed by atoms with E-state index < -0.39 is 17.8 Å². The third kappa shape index (κ3) is 3.72. The van der Waals surface area contributed by atoms with Crippen LogP contribution in [0, 0.1) is 0 Å². The average molecular weight is 334 g/mol. The van der Waals surface area contributed by atoms with Crippen molar-refractivity contribution < 1.29 is 23.9 Å². The number of ether oxygens (including phenoxy) is 2. The summed E-state index contributed by atoms with van der Waals surface area (Å²) < 4.78 is 13.3. The van der Waals surface area contributed by atoms with Crippen molar-refractivity contribution in [2.45, 2.75) is 0 Å². The number of carbonyl (C=O) groups excluding carboxylic acids is 3. The molecule has 1 heterocycles. The fourth-order valence-electron chi connectivity index (χ4n) is 1.84. The number of hydrogen-bond donors (Lipinski definition) is 1. The van der Waals surface area contributed by atoms with Crippen LogP contribution in [0.1, 0.15) is 20.0 Å². The van der Waals surface area contributed by atoms with Gasteiger partial charge in [0.05, 0.1) is 25.5 Å². The van der Waals surface area contributed by atoms with Gasteiger partial charge >= 0.3 is 11.9 Å². The Balaban J connectivity index is 2.41. The number of aromatic nitrogens is 1. The Morgan fingerprint density at radius 3 is 2.43 bits per heavy atom. The Kier molecular flexibility index (Phi) is 5.42. The molecule has 0 unspecified atom stereocenters. The molecule has 2 aromatic rings. The molecule has 1 amide bonds. The first-order chi connectivity index (χ1) is 11.1. The lowest BCUT2D eigenvalue weighted by Gasteiger charge is -2.06. The predicted octanol–water partition coefficient (Wildman–Crippen LogP) is 1.50. The summed E-state index contributed by atoms with van der Waals surface area (Å²) in [6.45, 7) is -0.306. The topological polar surface area (TPSA) is 94.6 Å². The van der Waals surface area contributed by atoms with E-state index in [9.17, 15) is 14.4 Å². The lowest BCUT2D eigenvalue weighted by atomic mass is 10.1. The van der Waals surface area contributed by atoms with Crippen molar-refractivity contribution in [1.29, 1.82) is 0 Å². The van der Waals surface area contributed by atoms with Crippen LogP contribution in [-0.4, -0.2) is 43.0 Å². The van der Waals surface area contributed by atoms with E-state index in [1.807, 2.05) is 6.07 Å². The molecule has 0 aliphatic rings. The summed E-state index contributed by atoms with van der Waals surface area (Å²) in [7, 11) is 2.44. The number of hydrogen-bond acceptors (Lipinski definition) is 7. The Morgan fingerprint density at radius 2 is 1.83 bits per heavy atom. The van der Waals surface area contributed by atoms with Crippen molar-refractivity contribution in [1.82, 2.24) is 9.69 Å². The molecule has 2 rings (SSSR count). The Bertz CT molecular complexity index is 727. The summed E-state index contributed by atoms with van der Waals surface area (Å²) in [5.41, 5.74) is 1.12. The number of carbonyl (C=O) groups is 3. The molecule has 1 aromatic carbocycles. The number of nitrogens with one attached hydrogen (secondary N) is 1. The van der Waals surface area contributed by atoms with Gasteiger partial charge in [-0.05, 0) is 11.5 Å². The summed E-state index contributed by atoms with van der Waals surface area (Å²) in [5, 5.41) is 2.41. The quantitative estimate of drug-likeness (QED) is 0.833. The molecule has 0 aliphatic heterocycles. The number of nitrogens with zero attached hydrogens (tertiary/aromatic N) is 1. The van der Waals surface area contributed by atoms with Gasteiger partial charge in [0, 0.05) is 5.56 Å². The fraction of sp³-hybridized carbons (Fsp3) is 0.200. The van der Waals surface area contributed by atoms with Crippen LogP contribution in [0.2, 0.25) is 0 Å². The third-order valence-corrected chi connectivity index (χ3v) is 3.79. The molecule has 1 N–H and O–H groups in total. The van der Waals surface area contributed by atoms with Gasteiger partial charge in [-0.15, -0.1) is 0 Å². The van der Waals surface area contributed by atoms with Gasteiger partial charge in [-0.2, -0.15) is 4.37 Å². The molecule has 0 saturated carbocycles. The van der Waals surface area contributed by atoms with E-state index in [-0.39, 0.29) is 17.0 Å². The molecule has 0 atom stereocenters. The lowest BCUT2D eigenvalue weighted by molar-refractivity contribution is -0.139. The summed E-state index contributed by atoms with van der Waals surface area (Å²) >= 11 is 0.870. The number of benzene rings is 1. The highest BCUT2D eigenvalue weighted by molar-refractivity contribution is 7.08. The largest absolute Gasteiger partial charge is 0.468 e. The van der Waals surface area contributed by atoms with Crippen molar-refractivity contribution in [2.75, 3.05) is 20.8 Å². The van der Waals surface area contributed by atoms with Gasteiger partial charge in [0.1, 0.15) is 11.4 Å². The second-order valence-electron chi connectivity index (χ2n) is 4.35. The first-order valence-electron chi connectivity index (χ1n) is 6.57.